The average Bonchev–Trinajstić information content (AvgIpc) is 1.99. The maximum Gasteiger partial charge on any atom is 0.271 e. The summed E-state index contributed by atoms with van der Waals surface area (Å²) in [5.41, 5.74) is 4.47. The minimum atomic E-state index is -0.535. The molecule has 0 bridgehead atoms. The van der Waals surface area contributed by atoms with Crippen LogP contribution in [0.15, 0.2) is 17.1 Å². The molecule has 12 heavy (non-hydrogen) atoms. The molecule has 0 saturated heterocycles. The van der Waals surface area contributed by atoms with Gasteiger partial charge >= 0.3 is 0 Å². The van der Waals surface area contributed by atoms with E-state index in [-0.39, 0.29) is 12.3 Å². The molecule has 1 heterocycles. The molecule has 0 unspecified atom stereocenters. The number of nitrogens with two attached hydrogens (primary N) is 1. The molecule has 0 fully saturated rings. The van der Waals surface area contributed by atoms with Crippen molar-refractivity contribution in [3.05, 3.63) is 28.4 Å². The highest BCUT2D eigenvalue weighted by atomic mass is 19.1. The van der Waals surface area contributed by atoms with Crippen molar-refractivity contribution in [2.45, 2.75) is 6.92 Å². The molecule has 0 amide bonds. The van der Waals surface area contributed by atoms with Gasteiger partial charge in [-0.15, -0.1) is 0 Å². The number of hydrogen-bond donors (Lipinski definition) is 3. The summed E-state index contributed by atoms with van der Waals surface area (Å²) in [5.74, 6) is -0.535. The van der Waals surface area contributed by atoms with E-state index in [2.05, 4.69) is 4.98 Å². The molecule has 4 N–H and O–H groups in total. The Morgan fingerprint density at radius 1 is 1.75 bits per heavy atom. The molecule has 0 aliphatic carbocycles. The van der Waals surface area contributed by atoms with Crippen LogP contribution < -0.4 is 11.3 Å². The molecule has 1 aromatic rings. The van der Waals surface area contributed by atoms with E-state index in [1.165, 1.54) is 0 Å². The quantitative estimate of drug-likeness (QED) is 0.521. The van der Waals surface area contributed by atoms with Gasteiger partial charge in [-0.25, -0.2) is 4.39 Å². The Morgan fingerprint density at radius 3 is 2.58 bits per heavy atom. The number of pyridine rings is 1. The van der Waals surface area contributed by atoms with Gasteiger partial charge in [-0.05, 0) is 6.92 Å². The molecule has 0 radical (unpaired) electrons. The third-order valence-electron chi connectivity index (χ3n) is 0.897. The van der Waals surface area contributed by atoms with Gasteiger partial charge in [0.25, 0.3) is 5.56 Å². The number of halogens is 1. The highest BCUT2D eigenvalue weighted by Gasteiger charge is 1.93. The van der Waals surface area contributed by atoms with E-state index in [1.54, 1.807) is 6.92 Å². The van der Waals surface area contributed by atoms with E-state index < -0.39 is 11.4 Å². The molecular weight excluding hydrogens is 163 g/mol. The van der Waals surface area contributed by atoms with Crippen molar-refractivity contribution in [2.75, 3.05) is 12.3 Å². The number of H-pyrrole nitrogens is 1. The fourth-order valence-corrected chi connectivity index (χ4v) is 0.474. The van der Waals surface area contributed by atoms with Gasteiger partial charge in [0.15, 0.2) is 0 Å². The van der Waals surface area contributed by atoms with E-state index in [0.717, 1.165) is 12.3 Å². The van der Waals surface area contributed by atoms with Crippen molar-refractivity contribution >= 4 is 5.69 Å². The molecule has 4 nitrogen and oxygen atoms in total. The normalized spacial score (nSPS) is 8.58. The minimum absolute atomic E-state index is 0.102. The fraction of sp³-hybridized carbons (Fsp3) is 0.286. The van der Waals surface area contributed by atoms with E-state index in [1.807, 2.05) is 0 Å². The third kappa shape index (κ3) is 3.72. The minimum Gasteiger partial charge on any atom is -0.397 e. The highest BCUT2D eigenvalue weighted by Crippen LogP contribution is 1.94. The van der Waals surface area contributed by atoms with Crippen molar-refractivity contribution in [3.63, 3.8) is 0 Å². The number of aromatic nitrogens is 1. The summed E-state index contributed by atoms with van der Waals surface area (Å²) in [4.78, 5) is 12.5. The van der Waals surface area contributed by atoms with Gasteiger partial charge in [0, 0.05) is 18.9 Å². The number of anilines is 1. The first-order valence-corrected chi connectivity index (χ1v) is 3.36. The van der Waals surface area contributed by atoms with Crippen LogP contribution in [0.25, 0.3) is 0 Å². The smallest absolute Gasteiger partial charge is 0.271 e. The number of aromatic amines is 1. The predicted octanol–water partition coefficient (Wildman–Crippen LogP) is 0.0948. The first-order valence-electron chi connectivity index (χ1n) is 3.36. The van der Waals surface area contributed by atoms with Crippen LogP contribution >= 0.6 is 0 Å². The van der Waals surface area contributed by atoms with Gasteiger partial charge < -0.3 is 15.8 Å². The second kappa shape index (κ2) is 5.31. The van der Waals surface area contributed by atoms with Crippen molar-refractivity contribution in [3.8, 4) is 0 Å². The Labute approximate surface area is 68.8 Å². The van der Waals surface area contributed by atoms with Crippen LogP contribution in [0.4, 0.5) is 10.1 Å². The van der Waals surface area contributed by atoms with Crippen LogP contribution in [0.5, 0.6) is 0 Å². The van der Waals surface area contributed by atoms with Gasteiger partial charge in [-0.3, -0.25) is 4.79 Å². The summed E-state index contributed by atoms with van der Waals surface area (Å²) >= 11 is 0. The van der Waals surface area contributed by atoms with Crippen molar-refractivity contribution in [2.24, 2.45) is 0 Å². The van der Waals surface area contributed by atoms with Crippen molar-refractivity contribution < 1.29 is 9.50 Å². The number of nitrogen functional groups attached to an aromatic ring is 1. The topological polar surface area (TPSA) is 79.1 Å². The zero-order valence-electron chi connectivity index (χ0n) is 6.67. The molecule has 1 aromatic heterocycles. The number of hydrogen-bond acceptors (Lipinski definition) is 3. The van der Waals surface area contributed by atoms with Crippen LogP contribution in [0.3, 0.4) is 0 Å². The molecule has 0 spiro atoms. The molecule has 0 aromatic carbocycles. The highest BCUT2D eigenvalue weighted by molar-refractivity contribution is 5.33. The van der Waals surface area contributed by atoms with E-state index in [9.17, 15) is 9.18 Å². The summed E-state index contributed by atoms with van der Waals surface area (Å²) < 4.78 is 12.1. The Hall–Kier alpha value is -1.36. The first-order chi connectivity index (χ1) is 5.61. The fourth-order valence-electron chi connectivity index (χ4n) is 0.474. The standard InChI is InChI=1S/C5H5FN2O.C2H6O/c6-3-1-4(7)5(9)8-2-3;1-2-3/h1-2H,7H2,(H,8,9);3H,2H2,1H3. The first kappa shape index (κ1) is 10.6. The number of nitrogens with one attached hydrogen (secondary N) is 1. The van der Waals surface area contributed by atoms with Gasteiger partial charge in [-0.1, -0.05) is 0 Å². The molecule has 0 atom stereocenters. The lowest BCUT2D eigenvalue weighted by atomic mass is 10.4. The second-order valence-electron chi connectivity index (χ2n) is 1.92. The lowest BCUT2D eigenvalue weighted by Gasteiger charge is -1.88. The molecule has 0 saturated carbocycles. The lowest BCUT2D eigenvalue weighted by molar-refractivity contribution is 0.318. The molecule has 68 valence electrons. The molecule has 1 rings (SSSR count). The predicted molar refractivity (Wildman–Crippen MR) is 44.2 cm³/mol. The third-order valence-corrected chi connectivity index (χ3v) is 0.897. The van der Waals surface area contributed by atoms with Gasteiger partial charge in [-0.2, -0.15) is 0 Å². The maximum atomic E-state index is 12.1. The zero-order valence-corrected chi connectivity index (χ0v) is 6.67. The van der Waals surface area contributed by atoms with Gasteiger partial charge in [0.2, 0.25) is 0 Å². The molecular formula is C7H11FN2O2. The van der Waals surface area contributed by atoms with Gasteiger partial charge in [0.1, 0.15) is 11.5 Å². The zero-order chi connectivity index (χ0) is 9.56. The van der Waals surface area contributed by atoms with Gasteiger partial charge in [0.05, 0.1) is 0 Å². The van der Waals surface area contributed by atoms with Crippen molar-refractivity contribution in [1.29, 1.82) is 0 Å². The number of aliphatic hydroxyl groups is 1. The largest absolute Gasteiger partial charge is 0.397 e. The van der Waals surface area contributed by atoms with E-state index >= 15 is 0 Å². The SMILES string of the molecule is CCO.Nc1cc(F)c[nH]c1=O. The van der Waals surface area contributed by atoms with Crippen LogP contribution in [-0.4, -0.2) is 16.7 Å². The Morgan fingerprint density at radius 2 is 2.25 bits per heavy atom. The number of rotatable bonds is 0. The molecule has 5 heteroatoms. The summed E-state index contributed by atoms with van der Waals surface area (Å²) in [5, 5.41) is 7.57. The summed E-state index contributed by atoms with van der Waals surface area (Å²) in [7, 11) is 0. The van der Waals surface area contributed by atoms with Crippen LogP contribution in [0.2, 0.25) is 0 Å². The number of aliphatic hydroxyl groups excluding tert-OH is 1. The molecule has 0 aliphatic heterocycles. The second-order valence-corrected chi connectivity index (χ2v) is 1.92. The average molecular weight is 174 g/mol. The van der Waals surface area contributed by atoms with Crippen LogP contribution in [0, 0.1) is 5.82 Å². The summed E-state index contributed by atoms with van der Waals surface area (Å²) in [6.07, 6.45) is 0.957. The summed E-state index contributed by atoms with van der Waals surface area (Å²) in [6, 6.07) is 0.971. The van der Waals surface area contributed by atoms with E-state index in [0.29, 0.717) is 0 Å². The Bertz CT molecular complexity index is 285. The van der Waals surface area contributed by atoms with Crippen molar-refractivity contribution in [1.82, 2.24) is 4.98 Å². The summed E-state index contributed by atoms with van der Waals surface area (Å²) in [6.45, 7) is 1.93. The van der Waals surface area contributed by atoms with E-state index in [4.69, 9.17) is 10.8 Å². The van der Waals surface area contributed by atoms with Crippen LogP contribution in [0.1, 0.15) is 6.92 Å². The maximum absolute atomic E-state index is 12.1. The lowest BCUT2D eigenvalue weighted by Crippen LogP contribution is -2.10. The Balaban J connectivity index is 0.000000354. The monoisotopic (exact) mass is 174 g/mol. The molecule has 0 aliphatic rings. The van der Waals surface area contributed by atoms with Crippen LogP contribution in [-0.2, 0) is 0 Å². The Kier molecular flexibility index (Phi) is 4.71.